The number of aliphatic carboxylic acids is 1. The molecule has 0 bridgehead atoms. The maximum atomic E-state index is 15.5. The summed E-state index contributed by atoms with van der Waals surface area (Å²) < 4.78 is 131. The fourth-order valence-corrected chi connectivity index (χ4v) is 6.31. The van der Waals surface area contributed by atoms with Crippen LogP contribution >= 0.6 is 0 Å². The van der Waals surface area contributed by atoms with Gasteiger partial charge >= 0.3 is 17.4 Å². The van der Waals surface area contributed by atoms with Crippen molar-refractivity contribution in [1.29, 1.82) is 0 Å². The summed E-state index contributed by atoms with van der Waals surface area (Å²) in [5.41, 5.74) is -2.05. The van der Waals surface area contributed by atoms with Gasteiger partial charge < -0.3 is 14.7 Å². The normalized spacial score (nSPS) is 22.8. The number of carboxylic acids is 1. The van der Waals surface area contributed by atoms with Crippen LogP contribution in [0.4, 0.5) is 36.4 Å². The molecule has 0 aromatic heterocycles. The van der Waals surface area contributed by atoms with E-state index in [1.807, 2.05) is 0 Å². The number of halogens is 7. The molecule has 1 fully saturated rings. The van der Waals surface area contributed by atoms with Crippen LogP contribution in [0.1, 0.15) is 57.9 Å². The molecule has 3 rings (SSSR count). The molecule has 37 heavy (non-hydrogen) atoms. The molecule has 1 aliphatic carbocycles. The van der Waals surface area contributed by atoms with Gasteiger partial charge in [0.05, 0.1) is 23.1 Å². The molecule has 1 N–H and O–H groups in total. The molecular weight excluding hydrogens is 535 g/mol. The Hall–Kier alpha value is -2.25. The third kappa shape index (κ3) is 6.09. The summed E-state index contributed by atoms with van der Waals surface area (Å²) in [6.07, 6.45) is -4.93. The van der Waals surface area contributed by atoms with E-state index in [1.165, 1.54) is 4.90 Å². The number of alkyl halides is 7. The van der Waals surface area contributed by atoms with Crippen LogP contribution in [-0.4, -0.2) is 49.9 Å². The summed E-state index contributed by atoms with van der Waals surface area (Å²) >= 11 is 0. The lowest BCUT2D eigenvalue weighted by Crippen LogP contribution is -2.43. The zero-order valence-electron chi connectivity index (χ0n) is 20.1. The van der Waals surface area contributed by atoms with Gasteiger partial charge in [-0.3, -0.25) is 4.79 Å². The highest BCUT2D eigenvalue weighted by atomic mass is 32.2. The van der Waals surface area contributed by atoms with Crippen LogP contribution in [-0.2, 0) is 20.8 Å². The van der Waals surface area contributed by atoms with Gasteiger partial charge in [0.15, 0.2) is 0 Å². The summed E-state index contributed by atoms with van der Waals surface area (Å²) in [6.45, 7) is 0.138. The number of fused-ring (bicyclic) bond motifs is 1. The maximum Gasteiger partial charge on any atom is 0.420 e. The van der Waals surface area contributed by atoms with E-state index >= 15 is 8.78 Å². The fourth-order valence-electron chi connectivity index (χ4n) is 4.67. The summed E-state index contributed by atoms with van der Waals surface area (Å²) in [7, 11) is -5.66. The molecule has 1 aromatic rings. The number of carboxylic acid groups (broad SMARTS) is 1. The number of benzene rings is 1. The van der Waals surface area contributed by atoms with Crippen LogP contribution in [0.25, 0.3) is 0 Å². The van der Waals surface area contributed by atoms with Crippen molar-refractivity contribution in [2.75, 3.05) is 18.1 Å². The van der Waals surface area contributed by atoms with E-state index in [4.69, 9.17) is 9.84 Å². The molecule has 210 valence electrons. The fraction of sp³-hybridized carbons (Fsp3) is 0.696. The van der Waals surface area contributed by atoms with E-state index in [9.17, 15) is 35.2 Å². The summed E-state index contributed by atoms with van der Waals surface area (Å²) in [6, 6.07) is 0.223. The van der Waals surface area contributed by atoms with Crippen LogP contribution in [0.2, 0.25) is 0 Å². The van der Waals surface area contributed by atoms with Crippen molar-refractivity contribution in [3.05, 3.63) is 17.7 Å². The molecule has 0 amide bonds. The third-order valence-corrected chi connectivity index (χ3v) is 8.78. The molecule has 0 spiro atoms. The summed E-state index contributed by atoms with van der Waals surface area (Å²) in [5, 5.41) is 4.44. The highest BCUT2D eigenvalue weighted by molar-refractivity contribution is 7.92. The summed E-state index contributed by atoms with van der Waals surface area (Å²) in [4.78, 5) is 11.1. The number of nitrogens with zero attached hydrogens (tertiary/aromatic N) is 1. The van der Waals surface area contributed by atoms with Crippen LogP contribution in [0.3, 0.4) is 0 Å². The van der Waals surface area contributed by atoms with Gasteiger partial charge in [-0.25, -0.2) is 17.2 Å². The van der Waals surface area contributed by atoms with Gasteiger partial charge in [-0.2, -0.15) is 22.0 Å². The van der Waals surface area contributed by atoms with Gasteiger partial charge in [-0.1, -0.05) is 12.8 Å². The number of hydrogen-bond donors (Lipinski definition) is 1. The largest absolute Gasteiger partial charge is 0.492 e. The smallest absolute Gasteiger partial charge is 0.420 e. The Morgan fingerprint density at radius 3 is 2.30 bits per heavy atom. The van der Waals surface area contributed by atoms with Crippen molar-refractivity contribution in [2.24, 2.45) is 11.8 Å². The van der Waals surface area contributed by atoms with Crippen LogP contribution in [0, 0.1) is 11.8 Å². The van der Waals surface area contributed by atoms with Crippen molar-refractivity contribution in [3.8, 4) is 5.75 Å². The Labute approximate surface area is 209 Å². The average molecular weight is 564 g/mol. The van der Waals surface area contributed by atoms with Crippen LogP contribution in [0.15, 0.2) is 17.0 Å². The molecule has 0 radical (unpaired) electrons. The lowest BCUT2D eigenvalue weighted by atomic mass is 9.98. The van der Waals surface area contributed by atoms with E-state index < -0.39 is 98.9 Å². The van der Waals surface area contributed by atoms with E-state index in [-0.39, 0.29) is 0 Å². The van der Waals surface area contributed by atoms with Crippen molar-refractivity contribution in [3.63, 3.8) is 0 Å². The number of hydrogen-bond acceptors (Lipinski definition) is 5. The van der Waals surface area contributed by atoms with Crippen molar-refractivity contribution >= 4 is 21.5 Å². The van der Waals surface area contributed by atoms with E-state index in [0.717, 1.165) is 6.92 Å². The molecular formula is C23H28F7NO5S. The average Bonchev–Trinajstić information content (AvgIpc) is 3.28. The quantitative estimate of drug-likeness (QED) is 0.392. The molecule has 1 aromatic carbocycles. The predicted molar refractivity (Wildman–Crippen MR) is 119 cm³/mol. The Kier molecular flexibility index (Phi) is 8.03. The first-order valence-electron chi connectivity index (χ1n) is 11.7. The first-order chi connectivity index (χ1) is 16.9. The van der Waals surface area contributed by atoms with E-state index in [1.54, 1.807) is 0 Å². The highest BCUT2D eigenvalue weighted by Gasteiger charge is 2.57. The third-order valence-electron chi connectivity index (χ3n) is 6.82. The van der Waals surface area contributed by atoms with Crippen molar-refractivity contribution < 1.29 is 53.8 Å². The number of rotatable bonds is 8. The molecule has 1 aliphatic heterocycles. The lowest BCUT2D eigenvalue weighted by Gasteiger charge is -2.34. The second-order valence-corrected chi connectivity index (χ2v) is 11.8. The second-order valence-electron chi connectivity index (χ2n) is 9.83. The number of anilines is 1. The topological polar surface area (TPSA) is 83.9 Å². The van der Waals surface area contributed by atoms with Gasteiger partial charge in [-0.05, 0) is 39.2 Å². The Morgan fingerprint density at radius 2 is 1.78 bits per heavy atom. The Balaban J connectivity index is 2.22. The molecule has 0 saturated heterocycles. The molecule has 1 heterocycles. The molecule has 2 atom stereocenters. The zero-order chi connectivity index (χ0) is 28.0. The molecule has 0 unspecified atom stereocenters. The zero-order valence-corrected chi connectivity index (χ0v) is 20.9. The molecule has 14 heteroatoms. The number of carbonyl (C=O) groups is 1. The first-order valence-corrected chi connectivity index (χ1v) is 13.2. The molecule has 6 nitrogen and oxygen atoms in total. The standard InChI is InChI=1S/C23H28F7NO5S/c1-13(20(32)33)12-36-18-10-19-17(9-16(18)22(26,27)28)31(15-5-3-4-6-15)11-14(7-8-21(2,24)25)23(29,30)37(19,34)35/h9-10,13-15H,3-8,11-12H2,1-2H3,(H,32,33)/t13-,14+/m1/s1. The van der Waals surface area contributed by atoms with Gasteiger partial charge in [0.2, 0.25) is 15.8 Å². The first kappa shape index (κ1) is 29.3. The number of sulfone groups is 1. The minimum Gasteiger partial charge on any atom is -0.492 e. The SMILES string of the molecule is C[C@H](COc1cc2c(cc1C(F)(F)F)N(C1CCCC1)C[C@H](CCC(C)(F)F)C(F)(F)S2(=O)=O)C(=O)O. The minimum atomic E-state index is -5.66. The van der Waals surface area contributed by atoms with Crippen LogP contribution < -0.4 is 9.64 Å². The molecule has 1 saturated carbocycles. The van der Waals surface area contributed by atoms with Gasteiger partial charge in [0.25, 0.3) is 0 Å². The summed E-state index contributed by atoms with van der Waals surface area (Å²) in [5.74, 6) is -9.26. The van der Waals surface area contributed by atoms with Gasteiger partial charge in [0.1, 0.15) is 17.3 Å². The highest BCUT2D eigenvalue weighted by Crippen LogP contribution is 2.51. The van der Waals surface area contributed by atoms with Crippen molar-refractivity contribution in [1.82, 2.24) is 0 Å². The maximum absolute atomic E-state index is 15.5. The monoisotopic (exact) mass is 563 g/mol. The van der Waals surface area contributed by atoms with Crippen LogP contribution in [0.5, 0.6) is 5.75 Å². The number of ether oxygens (including phenoxy) is 1. The Bertz CT molecular complexity index is 1110. The molecule has 2 aliphatic rings. The second kappa shape index (κ2) is 10.1. The minimum absolute atomic E-state index is 0.356. The van der Waals surface area contributed by atoms with Gasteiger partial charge in [0, 0.05) is 25.1 Å². The van der Waals surface area contributed by atoms with E-state index in [0.29, 0.717) is 44.7 Å². The predicted octanol–water partition coefficient (Wildman–Crippen LogP) is 5.99. The van der Waals surface area contributed by atoms with Crippen molar-refractivity contribution in [2.45, 2.75) is 80.7 Å². The Morgan fingerprint density at radius 1 is 1.19 bits per heavy atom. The van der Waals surface area contributed by atoms with E-state index in [2.05, 4.69) is 0 Å². The lowest BCUT2D eigenvalue weighted by molar-refractivity contribution is -0.142. The van der Waals surface area contributed by atoms with Gasteiger partial charge in [-0.15, -0.1) is 0 Å².